The second-order valence-corrected chi connectivity index (χ2v) is 8.62. The number of ether oxygens (including phenoxy) is 1. The molecule has 0 aromatic heterocycles. The van der Waals surface area contributed by atoms with E-state index in [0.717, 1.165) is 41.9 Å². The van der Waals surface area contributed by atoms with Gasteiger partial charge in [-0.15, -0.1) is 11.6 Å². The number of rotatable bonds is 4. The second kappa shape index (κ2) is 8.79. The van der Waals surface area contributed by atoms with Gasteiger partial charge in [0.15, 0.2) is 0 Å². The Morgan fingerprint density at radius 3 is 2.66 bits per heavy atom. The molecule has 1 amide bonds. The van der Waals surface area contributed by atoms with Gasteiger partial charge < -0.3 is 4.74 Å². The Bertz CT molecular complexity index is 1220. The fourth-order valence-corrected chi connectivity index (χ4v) is 5.02. The first-order valence-corrected chi connectivity index (χ1v) is 11.5. The summed E-state index contributed by atoms with van der Waals surface area (Å²) in [7, 11) is 1.65. The predicted molar refractivity (Wildman–Crippen MR) is 130 cm³/mol. The van der Waals surface area contributed by atoms with E-state index in [-0.39, 0.29) is 23.7 Å². The van der Waals surface area contributed by atoms with Gasteiger partial charge in [0, 0.05) is 5.92 Å². The summed E-state index contributed by atoms with van der Waals surface area (Å²) in [4.78, 5) is 12.7. The van der Waals surface area contributed by atoms with E-state index in [2.05, 4.69) is 48.5 Å². The van der Waals surface area contributed by atoms with Crippen LogP contribution in [0.1, 0.15) is 36.4 Å². The van der Waals surface area contributed by atoms with Crippen molar-refractivity contribution < 1.29 is 9.53 Å². The average Bonchev–Trinajstić information content (AvgIpc) is 3.24. The molecule has 1 saturated carbocycles. The van der Waals surface area contributed by atoms with Crippen LogP contribution in [0.3, 0.4) is 0 Å². The first-order valence-electron chi connectivity index (χ1n) is 11.0. The second-order valence-electron chi connectivity index (χ2n) is 8.35. The Labute approximate surface area is 193 Å². The minimum absolute atomic E-state index is 0.0835. The van der Waals surface area contributed by atoms with Gasteiger partial charge in [0.1, 0.15) is 11.6 Å². The maximum atomic E-state index is 12.7. The number of amides is 1. The minimum Gasteiger partial charge on any atom is -0.497 e. The summed E-state index contributed by atoms with van der Waals surface area (Å²) >= 11 is 5.96. The molecule has 3 aromatic rings. The molecular weight excluding hydrogens is 420 g/mol. The van der Waals surface area contributed by atoms with Gasteiger partial charge >= 0.3 is 0 Å². The summed E-state index contributed by atoms with van der Waals surface area (Å²) in [5.74, 6) is 0.707. The van der Waals surface area contributed by atoms with Crippen molar-refractivity contribution in [2.24, 2.45) is 11.0 Å². The van der Waals surface area contributed by atoms with Gasteiger partial charge in [-0.05, 0) is 71.0 Å². The molecule has 0 spiro atoms. The zero-order valence-electron chi connectivity index (χ0n) is 18.0. The Morgan fingerprint density at radius 2 is 1.91 bits per heavy atom. The third kappa shape index (κ3) is 3.80. The number of benzene rings is 3. The zero-order chi connectivity index (χ0) is 22.1. The van der Waals surface area contributed by atoms with E-state index in [1.807, 2.05) is 24.3 Å². The van der Waals surface area contributed by atoms with Gasteiger partial charge in [-0.2, -0.15) is 5.10 Å². The van der Waals surface area contributed by atoms with Crippen molar-refractivity contribution in [2.75, 3.05) is 13.0 Å². The summed E-state index contributed by atoms with van der Waals surface area (Å²) in [5, 5.41) is 8.89. The van der Waals surface area contributed by atoms with Crippen molar-refractivity contribution in [3.05, 3.63) is 83.4 Å². The van der Waals surface area contributed by atoms with Gasteiger partial charge in [-0.25, -0.2) is 5.01 Å². The van der Waals surface area contributed by atoms with Gasteiger partial charge in [0.25, 0.3) is 5.91 Å². The monoisotopic (exact) mass is 444 g/mol. The molecule has 0 N–H and O–H groups in total. The summed E-state index contributed by atoms with van der Waals surface area (Å²) in [5.41, 5.74) is 4.44. The molecule has 0 radical (unpaired) electrons. The number of hydrogen-bond acceptors (Lipinski definition) is 3. The summed E-state index contributed by atoms with van der Waals surface area (Å²) in [6.45, 7) is 0. The lowest BCUT2D eigenvalue weighted by Gasteiger charge is -2.29. The lowest BCUT2D eigenvalue weighted by atomic mass is 9.77. The van der Waals surface area contributed by atoms with Crippen LogP contribution < -0.4 is 4.74 Å². The molecule has 162 valence electrons. The molecule has 5 heteroatoms. The minimum atomic E-state index is -0.167. The molecule has 1 heterocycles. The van der Waals surface area contributed by atoms with Gasteiger partial charge in [-0.3, -0.25) is 4.79 Å². The number of hydrogen-bond donors (Lipinski definition) is 0. The lowest BCUT2D eigenvalue weighted by Crippen LogP contribution is -2.32. The molecule has 32 heavy (non-hydrogen) atoms. The van der Waals surface area contributed by atoms with Crippen LogP contribution in [0, 0.1) is 5.92 Å². The zero-order valence-corrected chi connectivity index (χ0v) is 18.8. The SMILES string of the molecule is COc1ccc([C@@H]2[C@@H]3CCC/C(=C\c4ccc5ccccc5c4)C3=NN2C(=O)CCl)cc1. The highest BCUT2D eigenvalue weighted by molar-refractivity contribution is 6.27. The first kappa shape index (κ1) is 20.8. The number of alkyl halides is 1. The maximum Gasteiger partial charge on any atom is 0.258 e. The van der Waals surface area contributed by atoms with E-state index < -0.39 is 0 Å². The van der Waals surface area contributed by atoms with Crippen molar-refractivity contribution in [3.63, 3.8) is 0 Å². The molecule has 0 saturated heterocycles. The first-order chi connectivity index (χ1) is 15.7. The Balaban J connectivity index is 1.53. The number of carbonyl (C=O) groups excluding carboxylic acids is 1. The summed E-state index contributed by atoms with van der Waals surface area (Å²) < 4.78 is 5.31. The largest absolute Gasteiger partial charge is 0.497 e. The van der Waals surface area contributed by atoms with Crippen LogP contribution in [0.15, 0.2) is 77.4 Å². The van der Waals surface area contributed by atoms with Crippen LogP contribution in [0.25, 0.3) is 16.8 Å². The molecule has 0 bridgehead atoms. The molecule has 1 aliphatic carbocycles. The molecule has 2 atom stereocenters. The number of fused-ring (bicyclic) bond motifs is 2. The van der Waals surface area contributed by atoms with Crippen LogP contribution in [0.4, 0.5) is 0 Å². The maximum absolute atomic E-state index is 12.7. The molecule has 2 aliphatic rings. The number of carbonyl (C=O) groups is 1. The number of allylic oxidation sites excluding steroid dienone is 1. The highest BCUT2D eigenvalue weighted by atomic mass is 35.5. The van der Waals surface area contributed by atoms with Crippen molar-refractivity contribution in [2.45, 2.75) is 25.3 Å². The third-order valence-corrected chi connectivity index (χ3v) is 6.67. The fourth-order valence-electron chi connectivity index (χ4n) is 4.90. The Hall–Kier alpha value is -3.11. The van der Waals surface area contributed by atoms with Crippen molar-refractivity contribution in [3.8, 4) is 5.75 Å². The Kier molecular flexibility index (Phi) is 5.71. The number of hydrazone groups is 1. The standard InChI is InChI=1S/C27H25ClN2O2/c1-32-23-13-11-20(12-14-23)27-24-8-4-7-22(26(24)29-30(27)25(31)17-28)16-18-9-10-19-5-2-3-6-21(19)15-18/h2-3,5-6,9-16,24,27H,4,7-8,17H2,1H3/b22-16+/t24-,27-/m1/s1. The predicted octanol–water partition coefficient (Wildman–Crippen LogP) is 6.21. The topological polar surface area (TPSA) is 41.9 Å². The van der Waals surface area contributed by atoms with E-state index in [1.54, 1.807) is 12.1 Å². The molecule has 3 aromatic carbocycles. The highest BCUT2D eigenvalue weighted by Crippen LogP contribution is 2.44. The number of halogens is 1. The van der Waals surface area contributed by atoms with E-state index in [4.69, 9.17) is 21.4 Å². The highest BCUT2D eigenvalue weighted by Gasteiger charge is 2.43. The third-order valence-electron chi connectivity index (χ3n) is 6.44. The van der Waals surface area contributed by atoms with E-state index in [1.165, 1.54) is 16.3 Å². The molecule has 0 unspecified atom stereocenters. The Morgan fingerprint density at radius 1 is 1.12 bits per heavy atom. The normalized spacial score (nSPS) is 21.5. The van der Waals surface area contributed by atoms with Crippen LogP contribution in [-0.4, -0.2) is 29.6 Å². The number of nitrogens with zero attached hydrogens (tertiary/aromatic N) is 2. The van der Waals surface area contributed by atoms with E-state index >= 15 is 0 Å². The molecule has 4 nitrogen and oxygen atoms in total. The van der Waals surface area contributed by atoms with Crippen molar-refractivity contribution in [1.82, 2.24) is 5.01 Å². The summed E-state index contributed by atoms with van der Waals surface area (Å²) in [6.07, 6.45) is 5.26. The van der Waals surface area contributed by atoms with Gasteiger partial charge in [0.05, 0.1) is 18.9 Å². The molecular formula is C27H25ClN2O2. The van der Waals surface area contributed by atoms with Crippen LogP contribution in [0.2, 0.25) is 0 Å². The van der Waals surface area contributed by atoms with Crippen molar-refractivity contribution in [1.29, 1.82) is 0 Å². The van der Waals surface area contributed by atoms with E-state index in [9.17, 15) is 4.79 Å². The van der Waals surface area contributed by atoms with Crippen LogP contribution >= 0.6 is 11.6 Å². The van der Waals surface area contributed by atoms with Gasteiger partial charge in [0.2, 0.25) is 0 Å². The molecule has 1 fully saturated rings. The number of methoxy groups -OCH3 is 1. The molecule has 1 aliphatic heterocycles. The average molecular weight is 445 g/mol. The smallest absolute Gasteiger partial charge is 0.258 e. The lowest BCUT2D eigenvalue weighted by molar-refractivity contribution is -0.130. The summed E-state index contributed by atoms with van der Waals surface area (Å²) in [6, 6.07) is 22.7. The van der Waals surface area contributed by atoms with Gasteiger partial charge in [-0.1, -0.05) is 48.5 Å². The van der Waals surface area contributed by atoms with Crippen LogP contribution in [-0.2, 0) is 4.79 Å². The van der Waals surface area contributed by atoms with Crippen molar-refractivity contribution >= 4 is 40.1 Å². The van der Waals surface area contributed by atoms with Crippen LogP contribution in [0.5, 0.6) is 5.75 Å². The molecule has 5 rings (SSSR count). The quantitative estimate of drug-likeness (QED) is 0.449. The van der Waals surface area contributed by atoms with E-state index in [0.29, 0.717) is 0 Å². The fraction of sp³-hybridized carbons (Fsp3) is 0.259.